The van der Waals surface area contributed by atoms with Crippen molar-refractivity contribution in [1.82, 2.24) is 9.29 Å². The van der Waals surface area contributed by atoms with Crippen molar-refractivity contribution in [2.45, 2.75) is 32.6 Å². The van der Waals surface area contributed by atoms with Crippen molar-refractivity contribution in [2.75, 3.05) is 13.1 Å². The van der Waals surface area contributed by atoms with Crippen molar-refractivity contribution in [2.24, 2.45) is 22.1 Å². The quantitative estimate of drug-likeness (QED) is 0.240. The zero-order valence-corrected chi connectivity index (χ0v) is 19.7. The fourth-order valence-electron chi connectivity index (χ4n) is 3.45. The molecule has 0 atom stereocenters. The molecular weight excluding hydrogens is 446 g/mol. The smallest absolute Gasteiger partial charge is 0.270 e. The zero-order chi connectivity index (χ0) is 24.3. The molecule has 0 aliphatic heterocycles. The molecule has 0 aliphatic carbocycles. The number of aromatic amines is 1. The van der Waals surface area contributed by atoms with E-state index < -0.39 is 14.9 Å². The topological polar surface area (TPSA) is 141 Å². The molecule has 2 aromatic carbocycles. The van der Waals surface area contributed by atoms with E-state index in [9.17, 15) is 23.6 Å². The van der Waals surface area contributed by atoms with Gasteiger partial charge >= 0.3 is 0 Å². The number of nitrogens with zero attached hydrogens (tertiary/aromatic N) is 4. The predicted molar refractivity (Wildman–Crippen MR) is 126 cm³/mol. The molecule has 1 aromatic heterocycles. The molecule has 0 unspecified atom stereocenters. The van der Waals surface area contributed by atoms with Gasteiger partial charge in [-0.05, 0) is 24.0 Å². The van der Waals surface area contributed by atoms with E-state index in [1.54, 1.807) is 24.3 Å². The second-order valence-electron chi connectivity index (χ2n) is 8.59. The number of sulfonamides is 1. The highest BCUT2D eigenvalue weighted by Crippen LogP contribution is 2.38. The summed E-state index contributed by atoms with van der Waals surface area (Å²) in [7, 11) is -4.12. The Labute approximate surface area is 192 Å². The number of nitro groups is 1. The van der Waals surface area contributed by atoms with E-state index in [0.29, 0.717) is 10.9 Å². The number of nitro benzene ring substituents is 1. The highest BCUT2D eigenvalue weighted by Gasteiger charge is 2.30. The summed E-state index contributed by atoms with van der Waals surface area (Å²) in [6, 6.07) is 10.5. The normalized spacial score (nSPS) is 12.6. The molecule has 3 aromatic rings. The number of fused-ring (bicyclic) bond motifs is 1. The number of aromatic hydroxyl groups is 1. The van der Waals surface area contributed by atoms with Gasteiger partial charge in [-0.1, -0.05) is 45.9 Å². The van der Waals surface area contributed by atoms with Crippen molar-refractivity contribution < 1.29 is 18.4 Å². The third-order valence-electron chi connectivity index (χ3n) is 4.83. The zero-order valence-electron chi connectivity index (χ0n) is 18.9. The number of rotatable bonds is 9. The minimum Gasteiger partial charge on any atom is -0.493 e. The number of non-ortho nitro benzene ring substituents is 1. The van der Waals surface area contributed by atoms with Crippen LogP contribution in [-0.4, -0.2) is 40.8 Å². The molecule has 0 fully saturated rings. The molecule has 0 amide bonds. The molecule has 0 saturated carbocycles. The molecule has 0 spiro atoms. The fraction of sp³-hybridized carbons (Fsp3) is 0.364. The monoisotopic (exact) mass is 473 g/mol. The molecule has 10 nitrogen and oxygen atoms in total. The lowest BCUT2D eigenvalue weighted by Gasteiger charge is -2.26. The first kappa shape index (κ1) is 24.3. The highest BCUT2D eigenvalue weighted by molar-refractivity contribution is 7.89. The van der Waals surface area contributed by atoms with Crippen LogP contribution in [0.5, 0.6) is 5.88 Å². The third-order valence-corrected chi connectivity index (χ3v) is 6.69. The maximum Gasteiger partial charge on any atom is 0.270 e. The number of nitrogens with one attached hydrogen (secondary N) is 1. The molecule has 0 bridgehead atoms. The van der Waals surface area contributed by atoms with Crippen molar-refractivity contribution in [3.63, 3.8) is 0 Å². The number of H-pyrrole nitrogens is 1. The molecule has 0 aliphatic rings. The highest BCUT2D eigenvalue weighted by atomic mass is 32.2. The Kier molecular flexibility index (Phi) is 7.13. The van der Waals surface area contributed by atoms with Gasteiger partial charge in [0, 0.05) is 30.6 Å². The SMILES string of the molecule is CC(C)CN(CC(C)C)S(=O)(=O)c1cc([N+](=O)[O-])ccc1N=Nc1c(O)[nH]c2ccccc12. The van der Waals surface area contributed by atoms with E-state index in [2.05, 4.69) is 15.2 Å². The second kappa shape index (κ2) is 9.67. The minimum atomic E-state index is -4.12. The largest absolute Gasteiger partial charge is 0.493 e. The van der Waals surface area contributed by atoms with Crippen LogP contribution in [0.1, 0.15) is 27.7 Å². The first-order chi connectivity index (χ1) is 15.5. The summed E-state index contributed by atoms with van der Waals surface area (Å²) in [4.78, 5) is 13.2. The van der Waals surface area contributed by atoms with Gasteiger partial charge in [0.1, 0.15) is 10.6 Å². The van der Waals surface area contributed by atoms with Gasteiger partial charge in [-0.25, -0.2) is 8.42 Å². The lowest BCUT2D eigenvalue weighted by Crippen LogP contribution is -2.37. The Hall–Kier alpha value is -3.31. The molecule has 1 heterocycles. The van der Waals surface area contributed by atoms with Gasteiger partial charge in [0.05, 0.1) is 10.4 Å². The van der Waals surface area contributed by atoms with Crippen LogP contribution in [0.25, 0.3) is 10.9 Å². The molecule has 33 heavy (non-hydrogen) atoms. The average molecular weight is 474 g/mol. The predicted octanol–water partition coefficient (Wildman–Crippen LogP) is 5.50. The number of benzene rings is 2. The van der Waals surface area contributed by atoms with Crippen LogP contribution in [0.15, 0.2) is 57.6 Å². The van der Waals surface area contributed by atoms with Crippen molar-refractivity contribution in [1.29, 1.82) is 0 Å². The van der Waals surface area contributed by atoms with E-state index in [4.69, 9.17) is 0 Å². The van der Waals surface area contributed by atoms with Gasteiger partial charge in [-0.2, -0.15) is 4.31 Å². The summed E-state index contributed by atoms with van der Waals surface area (Å²) < 4.78 is 28.5. The molecule has 0 radical (unpaired) electrons. The minimum absolute atomic E-state index is 0.0467. The van der Waals surface area contributed by atoms with Crippen LogP contribution in [0, 0.1) is 22.0 Å². The summed E-state index contributed by atoms with van der Waals surface area (Å²) in [5, 5.41) is 30.3. The Bertz CT molecular complexity index is 1290. The third kappa shape index (κ3) is 5.37. The Morgan fingerprint density at radius 2 is 1.70 bits per heavy atom. The first-order valence-electron chi connectivity index (χ1n) is 10.5. The first-order valence-corrected chi connectivity index (χ1v) is 11.9. The van der Waals surface area contributed by atoms with Crippen LogP contribution in [-0.2, 0) is 10.0 Å². The number of hydrogen-bond acceptors (Lipinski definition) is 7. The maximum atomic E-state index is 13.6. The standard InChI is InChI=1S/C22H27N5O5S/c1-14(2)12-26(13-15(3)4)33(31,32)20-11-16(27(29)30)9-10-19(20)24-25-21-17-7-5-6-8-18(17)23-22(21)28/h5-11,14-15,23,28H,12-13H2,1-4H3. The Morgan fingerprint density at radius 3 is 2.30 bits per heavy atom. The average Bonchev–Trinajstić information content (AvgIpc) is 3.05. The van der Waals surface area contributed by atoms with Gasteiger partial charge in [0.25, 0.3) is 5.69 Å². The van der Waals surface area contributed by atoms with Crippen LogP contribution in [0.3, 0.4) is 0 Å². The van der Waals surface area contributed by atoms with Gasteiger partial charge < -0.3 is 10.1 Å². The van der Waals surface area contributed by atoms with Gasteiger partial charge in [0.15, 0.2) is 5.69 Å². The van der Waals surface area contributed by atoms with Crippen LogP contribution >= 0.6 is 0 Å². The summed E-state index contributed by atoms with van der Waals surface area (Å²) in [5.74, 6) is -0.122. The fourth-order valence-corrected chi connectivity index (χ4v) is 5.36. The number of aromatic nitrogens is 1. The second-order valence-corrected chi connectivity index (χ2v) is 10.5. The Balaban J connectivity index is 2.14. The molecule has 2 N–H and O–H groups in total. The van der Waals surface area contributed by atoms with Crippen molar-refractivity contribution in [3.05, 3.63) is 52.6 Å². The number of hydrogen-bond donors (Lipinski definition) is 2. The molecule has 3 rings (SSSR count). The molecule has 176 valence electrons. The lowest BCUT2D eigenvalue weighted by molar-refractivity contribution is -0.385. The van der Waals surface area contributed by atoms with Crippen molar-refractivity contribution >= 4 is 38.0 Å². The summed E-state index contributed by atoms with van der Waals surface area (Å²) >= 11 is 0. The summed E-state index contributed by atoms with van der Waals surface area (Å²) in [6.45, 7) is 8.10. The molecule has 0 saturated heterocycles. The van der Waals surface area contributed by atoms with Crippen LogP contribution < -0.4 is 0 Å². The number of para-hydroxylation sites is 1. The molecule has 11 heteroatoms. The lowest BCUT2D eigenvalue weighted by atomic mass is 10.2. The van der Waals surface area contributed by atoms with Gasteiger partial charge in [-0.3, -0.25) is 10.1 Å². The maximum absolute atomic E-state index is 13.6. The van der Waals surface area contributed by atoms with Crippen LogP contribution in [0.2, 0.25) is 0 Å². The van der Waals surface area contributed by atoms with E-state index in [1.807, 2.05) is 27.7 Å². The Morgan fingerprint density at radius 1 is 1.06 bits per heavy atom. The molecular formula is C22H27N5O5S. The van der Waals surface area contributed by atoms with Gasteiger partial charge in [0.2, 0.25) is 15.9 Å². The van der Waals surface area contributed by atoms with Gasteiger partial charge in [-0.15, -0.1) is 10.2 Å². The summed E-state index contributed by atoms with van der Waals surface area (Å²) in [6.07, 6.45) is 0. The van der Waals surface area contributed by atoms with E-state index in [-0.39, 0.29) is 52.8 Å². The van der Waals surface area contributed by atoms with E-state index >= 15 is 0 Å². The van der Waals surface area contributed by atoms with Crippen LogP contribution in [0.4, 0.5) is 17.1 Å². The van der Waals surface area contributed by atoms with E-state index in [0.717, 1.165) is 6.07 Å². The van der Waals surface area contributed by atoms with E-state index in [1.165, 1.54) is 16.4 Å². The van der Waals surface area contributed by atoms with Crippen molar-refractivity contribution in [3.8, 4) is 5.88 Å². The number of azo groups is 1. The summed E-state index contributed by atoms with van der Waals surface area (Å²) in [5.41, 5.74) is 0.369.